The number of rotatable bonds is 3. The monoisotopic (exact) mass is 268 g/mol. The van der Waals surface area contributed by atoms with Crippen LogP contribution in [0.15, 0.2) is 18.2 Å². The van der Waals surface area contributed by atoms with E-state index in [4.69, 9.17) is 22.1 Å². The minimum atomic E-state index is 0.257. The zero-order chi connectivity index (χ0) is 13.0. The number of nitrogens with two attached hydrogens (primary N) is 1. The second kappa shape index (κ2) is 6.41. The molecule has 0 aromatic heterocycles. The van der Waals surface area contributed by atoms with E-state index in [1.807, 2.05) is 6.07 Å². The molecule has 0 amide bonds. The molecule has 1 fully saturated rings. The maximum Gasteiger partial charge on any atom is 0.0721 e. The summed E-state index contributed by atoms with van der Waals surface area (Å²) < 4.78 is 5.66. The first-order valence-corrected chi connectivity index (χ1v) is 6.93. The van der Waals surface area contributed by atoms with Gasteiger partial charge in [0.05, 0.1) is 16.8 Å². The lowest BCUT2D eigenvalue weighted by Crippen LogP contribution is -2.30. The standard InChI is InChI=1S/C14H21ClN2O/c1-11-10-17(7-2-8-18-11)14-4-3-12(5-6-16)9-13(14)15/h3-4,9,11H,2,5-8,10,16H2,1H3. The Hall–Kier alpha value is -0.770. The van der Waals surface area contributed by atoms with Crippen molar-refractivity contribution in [2.45, 2.75) is 25.9 Å². The molecule has 0 radical (unpaired) electrons. The lowest BCUT2D eigenvalue weighted by atomic mass is 10.1. The molecule has 1 aliphatic rings. The van der Waals surface area contributed by atoms with Gasteiger partial charge in [-0.3, -0.25) is 0 Å². The van der Waals surface area contributed by atoms with Crippen molar-refractivity contribution in [1.82, 2.24) is 0 Å². The van der Waals surface area contributed by atoms with Crippen molar-refractivity contribution in [2.24, 2.45) is 5.73 Å². The molecule has 1 heterocycles. The van der Waals surface area contributed by atoms with E-state index in [1.54, 1.807) is 0 Å². The second-order valence-corrected chi connectivity index (χ2v) is 5.21. The van der Waals surface area contributed by atoms with Crippen LogP contribution >= 0.6 is 11.6 Å². The van der Waals surface area contributed by atoms with Crippen molar-refractivity contribution in [3.63, 3.8) is 0 Å². The van der Waals surface area contributed by atoms with Crippen LogP contribution in [-0.2, 0) is 11.2 Å². The fourth-order valence-corrected chi connectivity index (χ4v) is 2.66. The number of hydrogen-bond acceptors (Lipinski definition) is 3. The average molecular weight is 269 g/mol. The van der Waals surface area contributed by atoms with Crippen molar-refractivity contribution < 1.29 is 4.74 Å². The van der Waals surface area contributed by atoms with Gasteiger partial charge in [0, 0.05) is 19.7 Å². The summed E-state index contributed by atoms with van der Waals surface area (Å²) in [5, 5.41) is 0.815. The molecule has 2 N–H and O–H groups in total. The van der Waals surface area contributed by atoms with Gasteiger partial charge in [0.25, 0.3) is 0 Å². The van der Waals surface area contributed by atoms with Crippen LogP contribution < -0.4 is 10.6 Å². The largest absolute Gasteiger partial charge is 0.377 e. The molecule has 0 saturated carbocycles. The summed E-state index contributed by atoms with van der Waals surface area (Å²) in [6.07, 6.45) is 2.18. The van der Waals surface area contributed by atoms with Crippen LogP contribution in [0.2, 0.25) is 5.02 Å². The summed E-state index contributed by atoms with van der Waals surface area (Å²) >= 11 is 6.38. The van der Waals surface area contributed by atoms with E-state index in [1.165, 1.54) is 5.56 Å². The summed E-state index contributed by atoms with van der Waals surface area (Å²) in [5.74, 6) is 0. The summed E-state index contributed by atoms with van der Waals surface area (Å²) in [7, 11) is 0. The van der Waals surface area contributed by atoms with Gasteiger partial charge in [-0.1, -0.05) is 17.7 Å². The molecule has 1 atom stereocenters. The number of anilines is 1. The van der Waals surface area contributed by atoms with Crippen molar-refractivity contribution in [1.29, 1.82) is 0 Å². The fourth-order valence-electron chi connectivity index (χ4n) is 2.34. The van der Waals surface area contributed by atoms with Gasteiger partial charge in [-0.15, -0.1) is 0 Å². The summed E-state index contributed by atoms with van der Waals surface area (Å²) in [6.45, 7) is 5.50. The average Bonchev–Trinajstić information content (AvgIpc) is 2.54. The Labute approximate surface area is 114 Å². The van der Waals surface area contributed by atoms with Gasteiger partial charge < -0.3 is 15.4 Å². The van der Waals surface area contributed by atoms with Gasteiger partial charge in [-0.2, -0.15) is 0 Å². The van der Waals surface area contributed by atoms with E-state index >= 15 is 0 Å². The van der Waals surface area contributed by atoms with Crippen LogP contribution in [0.25, 0.3) is 0 Å². The smallest absolute Gasteiger partial charge is 0.0721 e. The molecular weight excluding hydrogens is 248 g/mol. The van der Waals surface area contributed by atoms with Gasteiger partial charge in [0.15, 0.2) is 0 Å². The predicted molar refractivity (Wildman–Crippen MR) is 76.5 cm³/mol. The number of benzene rings is 1. The summed E-state index contributed by atoms with van der Waals surface area (Å²) in [4.78, 5) is 2.31. The number of hydrogen-bond donors (Lipinski definition) is 1. The highest BCUT2D eigenvalue weighted by molar-refractivity contribution is 6.33. The van der Waals surface area contributed by atoms with Crippen LogP contribution in [-0.4, -0.2) is 32.3 Å². The van der Waals surface area contributed by atoms with E-state index in [9.17, 15) is 0 Å². The zero-order valence-electron chi connectivity index (χ0n) is 10.9. The molecule has 100 valence electrons. The number of ether oxygens (including phenoxy) is 1. The summed E-state index contributed by atoms with van der Waals surface area (Å²) in [5.41, 5.74) is 7.87. The summed E-state index contributed by atoms with van der Waals surface area (Å²) in [6, 6.07) is 6.25. The molecule has 3 nitrogen and oxygen atoms in total. The Bertz CT molecular complexity index is 397. The third kappa shape index (κ3) is 3.37. The quantitative estimate of drug-likeness (QED) is 0.915. The third-order valence-corrected chi connectivity index (χ3v) is 3.54. The molecule has 1 aromatic carbocycles. The minimum Gasteiger partial charge on any atom is -0.377 e. The van der Waals surface area contributed by atoms with Crippen LogP contribution in [0, 0.1) is 0 Å². The first kappa shape index (κ1) is 13.7. The van der Waals surface area contributed by atoms with Crippen LogP contribution in [0.3, 0.4) is 0 Å². The molecule has 0 bridgehead atoms. The first-order chi connectivity index (χ1) is 8.70. The molecule has 2 rings (SSSR count). The fraction of sp³-hybridized carbons (Fsp3) is 0.571. The van der Waals surface area contributed by atoms with Crippen molar-refractivity contribution in [3.8, 4) is 0 Å². The van der Waals surface area contributed by atoms with E-state index < -0.39 is 0 Å². The van der Waals surface area contributed by atoms with Crippen molar-refractivity contribution in [2.75, 3.05) is 31.1 Å². The lowest BCUT2D eigenvalue weighted by Gasteiger charge is -2.25. The van der Waals surface area contributed by atoms with Crippen LogP contribution in [0.4, 0.5) is 5.69 Å². The molecule has 1 saturated heterocycles. The molecule has 18 heavy (non-hydrogen) atoms. The molecule has 0 spiro atoms. The van der Waals surface area contributed by atoms with E-state index in [2.05, 4.69) is 24.0 Å². The highest BCUT2D eigenvalue weighted by atomic mass is 35.5. The Morgan fingerprint density at radius 1 is 1.50 bits per heavy atom. The Morgan fingerprint density at radius 3 is 3.06 bits per heavy atom. The first-order valence-electron chi connectivity index (χ1n) is 6.55. The Kier molecular flexibility index (Phi) is 4.87. The SMILES string of the molecule is CC1CN(c2ccc(CCN)cc2Cl)CCCO1. The molecular formula is C14H21ClN2O. The normalized spacial score (nSPS) is 20.8. The number of halogens is 1. The maximum atomic E-state index is 6.38. The molecule has 4 heteroatoms. The van der Waals surface area contributed by atoms with E-state index in [-0.39, 0.29) is 6.10 Å². The van der Waals surface area contributed by atoms with Gasteiger partial charge in [-0.05, 0) is 44.0 Å². The molecule has 1 unspecified atom stereocenters. The van der Waals surface area contributed by atoms with Crippen LogP contribution in [0.1, 0.15) is 18.9 Å². The van der Waals surface area contributed by atoms with Crippen LogP contribution in [0.5, 0.6) is 0 Å². The second-order valence-electron chi connectivity index (χ2n) is 4.81. The van der Waals surface area contributed by atoms with Gasteiger partial charge >= 0.3 is 0 Å². The lowest BCUT2D eigenvalue weighted by molar-refractivity contribution is 0.0821. The Balaban J connectivity index is 2.16. The molecule has 1 aromatic rings. The highest BCUT2D eigenvalue weighted by Crippen LogP contribution is 2.28. The van der Waals surface area contributed by atoms with Gasteiger partial charge in [0.1, 0.15) is 0 Å². The third-order valence-electron chi connectivity index (χ3n) is 3.24. The number of nitrogens with zero attached hydrogens (tertiary/aromatic N) is 1. The zero-order valence-corrected chi connectivity index (χ0v) is 11.6. The minimum absolute atomic E-state index is 0.257. The van der Waals surface area contributed by atoms with Crippen molar-refractivity contribution >= 4 is 17.3 Å². The maximum absolute atomic E-state index is 6.38. The highest BCUT2D eigenvalue weighted by Gasteiger charge is 2.17. The van der Waals surface area contributed by atoms with Crippen molar-refractivity contribution in [3.05, 3.63) is 28.8 Å². The van der Waals surface area contributed by atoms with E-state index in [0.717, 1.165) is 43.2 Å². The van der Waals surface area contributed by atoms with E-state index in [0.29, 0.717) is 6.54 Å². The Morgan fingerprint density at radius 2 is 2.33 bits per heavy atom. The molecule has 1 aliphatic heterocycles. The van der Waals surface area contributed by atoms with Gasteiger partial charge in [0.2, 0.25) is 0 Å². The topological polar surface area (TPSA) is 38.5 Å². The predicted octanol–water partition coefficient (Wildman–Crippen LogP) is 2.46. The molecule has 0 aliphatic carbocycles. The van der Waals surface area contributed by atoms with Gasteiger partial charge in [-0.25, -0.2) is 0 Å².